The number of carbonyl (C=O) groups excluding carboxylic acids is 4. The van der Waals surface area contributed by atoms with E-state index in [2.05, 4.69) is 16.0 Å². The van der Waals surface area contributed by atoms with Gasteiger partial charge in [-0.3, -0.25) is 24.0 Å². The molecule has 0 spiro atoms. The molecule has 0 aromatic rings. The van der Waals surface area contributed by atoms with Crippen LogP contribution in [-0.2, 0) is 28.8 Å². The lowest BCUT2D eigenvalue weighted by Gasteiger charge is -2.26. The molecule has 12 N–H and O–H groups in total. The average Bonchev–Trinajstić information content (AvgIpc) is 2.72. The van der Waals surface area contributed by atoms with Gasteiger partial charge in [-0.1, -0.05) is 0 Å². The van der Waals surface area contributed by atoms with E-state index >= 15 is 0 Å². The first-order valence-electron chi connectivity index (χ1n) is 10.6. The lowest BCUT2D eigenvalue weighted by molar-refractivity contribution is -0.142. The van der Waals surface area contributed by atoms with Crippen molar-refractivity contribution in [3.63, 3.8) is 0 Å². The Kier molecular flexibility index (Phi) is 14.0. The van der Waals surface area contributed by atoms with Gasteiger partial charge in [0.2, 0.25) is 23.6 Å². The number of unbranched alkanes of at least 4 members (excludes halogenated alkanes) is 1. The second-order valence-electron chi connectivity index (χ2n) is 7.68. The molecule has 0 bridgehead atoms. The molecule has 0 aliphatic carbocycles. The van der Waals surface area contributed by atoms with Gasteiger partial charge in [0.1, 0.15) is 18.1 Å². The minimum absolute atomic E-state index is 0.0515. The van der Waals surface area contributed by atoms with Crippen LogP contribution in [0.25, 0.3) is 0 Å². The van der Waals surface area contributed by atoms with Crippen LogP contribution in [0.3, 0.4) is 0 Å². The number of aliphatic hydroxyl groups excluding tert-OH is 1. The second kappa shape index (κ2) is 15.5. The van der Waals surface area contributed by atoms with E-state index in [0.29, 0.717) is 19.4 Å². The number of amides is 4. The predicted molar refractivity (Wildman–Crippen MR) is 117 cm³/mol. The van der Waals surface area contributed by atoms with Crippen LogP contribution in [0.2, 0.25) is 0 Å². The molecule has 15 heteroatoms. The zero-order valence-corrected chi connectivity index (χ0v) is 18.9. The Labute approximate surface area is 195 Å². The molecule has 15 nitrogen and oxygen atoms in total. The SMILES string of the molecule is CC(O)C(NC(=O)C(N)CC(=O)O)C(=O)NC(CCCCN)C(=O)NC(CCC(N)=O)C(=O)O. The third-order valence-electron chi connectivity index (χ3n) is 4.67. The molecule has 0 saturated heterocycles. The van der Waals surface area contributed by atoms with Gasteiger partial charge in [0, 0.05) is 6.42 Å². The van der Waals surface area contributed by atoms with Crippen molar-refractivity contribution in [3.8, 4) is 0 Å². The monoisotopic (exact) mass is 490 g/mol. The molecule has 0 radical (unpaired) electrons. The van der Waals surface area contributed by atoms with Crippen LogP contribution >= 0.6 is 0 Å². The normalized spacial score (nSPS) is 15.2. The van der Waals surface area contributed by atoms with Crippen LogP contribution in [-0.4, -0.2) is 87.7 Å². The quantitative estimate of drug-likeness (QED) is 0.0888. The number of nitrogens with two attached hydrogens (primary N) is 3. The second-order valence-corrected chi connectivity index (χ2v) is 7.68. The lowest BCUT2D eigenvalue weighted by atomic mass is 10.0. The van der Waals surface area contributed by atoms with Crippen molar-refractivity contribution in [1.29, 1.82) is 0 Å². The third-order valence-corrected chi connectivity index (χ3v) is 4.67. The summed E-state index contributed by atoms with van der Waals surface area (Å²) in [5, 5.41) is 34.7. The van der Waals surface area contributed by atoms with Crippen LogP contribution in [0.1, 0.15) is 45.4 Å². The van der Waals surface area contributed by atoms with Crippen LogP contribution < -0.4 is 33.2 Å². The summed E-state index contributed by atoms with van der Waals surface area (Å²) in [5.74, 6) is -6.39. The molecule has 194 valence electrons. The number of carboxylic acids is 2. The summed E-state index contributed by atoms with van der Waals surface area (Å²) in [6.07, 6.45) is -1.81. The predicted octanol–water partition coefficient (Wildman–Crippen LogP) is -3.90. The maximum atomic E-state index is 12.7. The number of aliphatic hydroxyl groups is 1. The molecule has 0 aliphatic heterocycles. The van der Waals surface area contributed by atoms with E-state index in [9.17, 15) is 39.0 Å². The molecule has 5 unspecified atom stereocenters. The summed E-state index contributed by atoms with van der Waals surface area (Å²) in [5.41, 5.74) is 15.9. The van der Waals surface area contributed by atoms with Gasteiger partial charge in [-0.15, -0.1) is 0 Å². The van der Waals surface area contributed by atoms with Gasteiger partial charge in [-0.05, 0) is 39.2 Å². The van der Waals surface area contributed by atoms with Gasteiger partial charge in [0.15, 0.2) is 0 Å². The molecule has 0 aromatic carbocycles. The summed E-state index contributed by atoms with van der Waals surface area (Å²) < 4.78 is 0. The van der Waals surface area contributed by atoms with Crippen LogP contribution in [0.4, 0.5) is 0 Å². The fourth-order valence-corrected chi connectivity index (χ4v) is 2.79. The van der Waals surface area contributed by atoms with Gasteiger partial charge >= 0.3 is 11.9 Å². The highest BCUT2D eigenvalue weighted by atomic mass is 16.4. The van der Waals surface area contributed by atoms with Crippen LogP contribution in [0.15, 0.2) is 0 Å². The molecule has 5 atom stereocenters. The molecule has 4 amide bonds. The molecule has 0 heterocycles. The number of hydrogen-bond donors (Lipinski definition) is 9. The van der Waals surface area contributed by atoms with Gasteiger partial charge in [-0.25, -0.2) is 4.79 Å². The van der Waals surface area contributed by atoms with E-state index in [1.807, 2.05) is 0 Å². The molecule has 0 rings (SSSR count). The zero-order valence-electron chi connectivity index (χ0n) is 18.9. The van der Waals surface area contributed by atoms with E-state index in [1.165, 1.54) is 6.92 Å². The largest absolute Gasteiger partial charge is 0.481 e. The number of carbonyl (C=O) groups is 6. The highest BCUT2D eigenvalue weighted by molar-refractivity contribution is 5.95. The molecule has 0 fully saturated rings. The highest BCUT2D eigenvalue weighted by Crippen LogP contribution is 2.06. The number of nitrogens with one attached hydrogen (secondary N) is 3. The highest BCUT2D eigenvalue weighted by Gasteiger charge is 2.32. The first-order valence-corrected chi connectivity index (χ1v) is 10.6. The minimum Gasteiger partial charge on any atom is -0.481 e. The Morgan fingerprint density at radius 2 is 1.44 bits per heavy atom. The molecular weight excluding hydrogens is 456 g/mol. The van der Waals surface area contributed by atoms with Crippen LogP contribution in [0.5, 0.6) is 0 Å². The van der Waals surface area contributed by atoms with Crippen LogP contribution in [0, 0.1) is 0 Å². The minimum atomic E-state index is -1.58. The van der Waals surface area contributed by atoms with E-state index in [-0.39, 0.29) is 19.3 Å². The van der Waals surface area contributed by atoms with Crippen molar-refractivity contribution in [2.45, 2.75) is 75.7 Å². The molecule has 0 aliphatic rings. The molecule has 0 saturated carbocycles. The number of aliphatic carboxylic acids is 2. The first kappa shape index (κ1) is 30.7. The smallest absolute Gasteiger partial charge is 0.326 e. The average molecular weight is 491 g/mol. The summed E-state index contributed by atoms with van der Waals surface area (Å²) >= 11 is 0. The Balaban J connectivity index is 5.46. The Morgan fingerprint density at radius 3 is 1.91 bits per heavy atom. The maximum Gasteiger partial charge on any atom is 0.326 e. The Hall–Kier alpha value is -3.30. The number of hydrogen-bond acceptors (Lipinski definition) is 9. The molecule has 0 aromatic heterocycles. The van der Waals surface area contributed by atoms with Crippen molar-refractivity contribution >= 4 is 35.6 Å². The number of primary amides is 1. The van der Waals surface area contributed by atoms with E-state index in [0.717, 1.165) is 0 Å². The number of carboxylic acid groups (broad SMARTS) is 2. The topological polar surface area (TPSA) is 277 Å². The van der Waals surface area contributed by atoms with Crippen molar-refractivity contribution in [3.05, 3.63) is 0 Å². The van der Waals surface area contributed by atoms with Crippen molar-refractivity contribution in [2.75, 3.05) is 6.54 Å². The van der Waals surface area contributed by atoms with Crippen molar-refractivity contribution < 1.29 is 44.1 Å². The zero-order chi connectivity index (χ0) is 26.4. The summed E-state index contributed by atoms with van der Waals surface area (Å²) in [4.78, 5) is 70.6. The third kappa shape index (κ3) is 12.1. The van der Waals surface area contributed by atoms with E-state index in [4.69, 9.17) is 22.3 Å². The summed E-state index contributed by atoms with van der Waals surface area (Å²) in [6.45, 7) is 1.48. The summed E-state index contributed by atoms with van der Waals surface area (Å²) in [7, 11) is 0. The molecular formula is C19H34N6O9. The Morgan fingerprint density at radius 1 is 0.853 bits per heavy atom. The Bertz CT molecular complexity index is 746. The lowest BCUT2D eigenvalue weighted by Crippen LogP contribution is -2.59. The van der Waals surface area contributed by atoms with Gasteiger partial charge in [0.05, 0.1) is 18.6 Å². The van der Waals surface area contributed by atoms with E-state index in [1.54, 1.807) is 0 Å². The number of rotatable bonds is 17. The van der Waals surface area contributed by atoms with Gasteiger partial charge in [-0.2, -0.15) is 0 Å². The standard InChI is InChI=1S/C19H34N6O9/c1-9(26)15(25-16(30)10(21)8-14(28)29)18(32)23-11(4-2-3-7-20)17(31)24-12(19(33)34)5-6-13(22)27/h9-12,15,26H,2-8,20-21H2,1H3,(H2,22,27)(H,23,32)(H,24,31)(H,25,30)(H,28,29)(H,33,34). The maximum absolute atomic E-state index is 12.7. The van der Waals surface area contributed by atoms with Gasteiger partial charge in [0.25, 0.3) is 0 Å². The fourth-order valence-electron chi connectivity index (χ4n) is 2.79. The van der Waals surface area contributed by atoms with Crippen molar-refractivity contribution in [2.24, 2.45) is 17.2 Å². The summed E-state index contributed by atoms with van der Waals surface area (Å²) in [6, 6.07) is -5.78. The first-order chi connectivity index (χ1) is 15.8. The molecule has 34 heavy (non-hydrogen) atoms. The fraction of sp³-hybridized carbons (Fsp3) is 0.684. The van der Waals surface area contributed by atoms with Gasteiger partial charge < -0.3 is 48.5 Å². The van der Waals surface area contributed by atoms with E-state index < -0.39 is 72.3 Å². The van der Waals surface area contributed by atoms with Crippen molar-refractivity contribution in [1.82, 2.24) is 16.0 Å².